The summed E-state index contributed by atoms with van der Waals surface area (Å²) in [5.74, 6) is 2.23. The second-order valence-corrected chi connectivity index (χ2v) is 6.83. The van der Waals surface area contributed by atoms with Gasteiger partial charge in [-0.1, -0.05) is 6.07 Å². The molecule has 0 unspecified atom stereocenters. The van der Waals surface area contributed by atoms with Gasteiger partial charge in [0, 0.05) is 52.0 Å². The first kappa shape index (κ1) is 19.3. The molecule has 0 bridgehead atoms. The summed E-state index contributed by atoms with van der Waals surface area (Å²) in [5.41, 5.74) is 1.07. The van der Waals surface area contributed by atoms with Crippen molar-refractivity contribution in [1.29, 1.82) is 0 Å². The fourth-order valence-corrected chi connectivity index (χ4v) is 2.92. The first-order chi connectivity index (χ1) is 13.2. The number of amides is 1. The van der Waals surface area contributed by atoms with E-state index >= 15 is 0 Å². The van der Waals surface area contributed by atoms with Gasteiger partial charge in [-0.2, -0.15) is 0 Å². The molecule has 1 aliphatic heterocycles. The van der Waals surface area contributed by atoms with Crippen LogP contribution in [0.15, 0.2) is 23.3 Å². The molecule has 2 heterocycles. The molecule has 2 fully saturated rings. The molecule has 3 rings (SSSR count). The SMILES string of the molecule is CCOC(=O)N1CCN(C(=NC)NCc2ccc(OCC3CC3)nc2)CC1. The third kappa shape index (κ3) is 5.74. The molecule has 8 heteroatoms. The van der Waals surface area contributed by atoms with Gasteiger partial charge >= 0.3 is 6.09 Å². The van der Waals surface area contributed by atoms with Gasteiger partial charge in [0.25, 0.3) is 0 Å². The molecular formula is C19H29N5O3. The summed E-state index contributed by atoms with van der Waals surface area (Å²) >= 11 is 0. The van der Waals surface area contributed by atoms with Crippen LogP contribution in [0.2, 0.25) is 0 Å². The predicted molar refractivity (Wildman–Crippen MR) is 103 cm³/mol. The summed E-state index contributed by atoms with van der Waals surface area (Å²) in [6, 6.07) is 3.94. The minimum absolute atomic E-state index is 0.241. The molecular weight excluding hydrogens is 346 g/mol. The molecule has 0 atom stereocenters. The number of rotatable bonds is 6. The zero-order valence-corrected chi connectivity index (χ0v) is 16.2. The maximum absolute atomic E-state index is 11.8. The molecule has 1 aromatic rings. The highest BCUT2D eigenvalue weighted by Crippen LogP contribution is 2.29. The summed E-state index contributed by atoms with van der Waals surface area (Å²) in [6.45, 7) is 6.36. The second kappa shape index (κ2) is 9.43. The molecule has 1 saturated heterocycles. The number of aliphatic imine (C=N–C) groups is 1. The quantitative estimate of drug-likeness (QED) is 0.602. The van der Waals surface area contributed by atoms with Crippen molar-refractivity contribution in [2.75, 3.05) is 46.4 Å². The van der Waals surface area contributed by atoms with Crippen molar-refractivity contribution in [3.05, 3.63) is 23.9 Å². The van der Waals surface area contributed by atoms with Crippen LogP contribution in [0.4, 0.5) is 4.79 Å². The minimum Gasteiger partial charge on any atom is -0.477 e. The van der Waals surface area contributed by atoms with Crippen molar-refractivity contribution in [2.24, 2.45) is 10.9 Å². The molecule has 1 saturated carbocycles. The lowest BCUT2D eigenvalue weighted by Gasteiger charge is -2.35. The number of guanidine groups is 1. The normalized spacial score (nSPS) is 17.6. The predicted octanol–water partition coefficient (Wildman–Crippen LogP) is 1.72. The Bertz CT molecular complexity index is 637. The molecule has 148 valence electrons. The van der Waals surface area contributed by atoms with E-state index in [9.17, 15) is 4.79 Å². The van der Waals surface area contributed by atoms with Crippen molar-refractivity contribution in [3.8, 4) is 5.88 Å². The zero-order valence-electron chi connectivity index (χ0n) is 16.2. The summed E-state index contributed by atoms with van der Waals surface area (Å²) in [5, 5.41) is 3.36. The third-order valence-electron chi connectivity index (χ3n) is 4.73. The number of nitrogens with zero attached hydrogens (tertiary/aromatic N) is 4. The topological polar surface area (TPSA) is 79.3 Å². The van der Waals surface area contributed by atoms with E-state index in [2.05, 4.69) is 20.2 Å². The highest BCUT2D eigenvalue weighted by Gasteiger charge is 2.24. The van der Waals surface area contributed by atoms with Crippen LogP contribution in [0, 0.1) is 5.92 Å². The Kier molecular flexibility index (Phi) is 6.73. The van der Waals surface area contributed by atoms with Gasteiger partial charge in [-0.05, 0) is 31.2 Å². The summed E-state index contributed by atoms with van der Waals surface area (Å²) in [4.78, 5) is 24.4. The van der Waals surface area contributed by atoms with Gasteiger partial charge in [0.05, 0.1) is 13.2 Å². The Hall–Kier alpha value is -2.51. The van der Waals surface area contributed by atoms with E-state index in [0.29, 0.717) is 32.1 Å². The Morgan fingerprint density at radius 3 is 2.59 bits per heavy atom. The maximum atomic E-state index is 11.8. The number of carbonyl (C=O) groups excluding carboxylic acids is 1. The number of aromatic nitrogens is 1. The lowest BCUT2D eigenvalue weighted by molar-refractivity contribution is 0.0914. The average Bonchev–Trinajstić information content (AvgIpc) is 3.53. The first-order valence-electron chi connectivity index (χ1n) is 9.64. The maximum Gasteiger partial charge on any atom is 0.409 e. The summed E-state index contributed by atoms with van der Waals surface area (Å²) in [6.07, 6.45) is 4.14. The Balaban J connectivity index is 1.43. The third-order valence-corrected chi connectivity index (χ3v) is 4.73. The van der Waals surface area contributed by atoms with Crippen molar-refractivity contribution in [1.82, 2.24) is 20.1 Å². The Morgan fingerprint density at radius 2 is 2.00 bits per heavy atom. The van der Waals surface area contributed by atoms with Crippen LogP contribution in [0.5, 0.6) is 5.88 Å². The summed E-state index contributed by atoms with van der Waals surface area (Å²) in [7, 11) is 1.77. The van der Waals surface area contributed by atoms with E-state index in [0.717, 1.165) is 37.1 Å². The van der Waals surface area contributed by atoms with E-state index < -0.39 is 0 Å². The number of piperazine rings is 1. The molecule has 2 aliphatic rings. The lowest BCUT2D eigenvalue weighted by atomic mass is 10.3. The van der Waals surface area contributed by atoms with Crippen LogP contribution in [0.1, 0.15) is 25.3 Å². The van der Waals surface area contributed by atoms with Crippen molar-refractivity contribution in [2.45, 2.75) is 26.3 Å². The van der Waals surface area contributed by atoms with Crippen LogP contribution in [0.3, 0.4) is 0 Å². The molecule has 27 heavy (non-hydrogen) atoms. The first-order valence-corrected chi connectivity index (χ1v) is 9.64. The molecule has 1 aliphatic carbocycles. The van der Waals surface area contributed by atoms with Gasteiger partial charge in [-0.15, -0.1) is 0 Å². The molecule has 1 N–H and O–H groups in total. The highest BCUT2D eigenvalue weighted by molar-refractivity contribution is 5.80. The van der Waals surface area contributed by atoms with Gasteiger partial charge in [-0.3, -0.25) is 4.99 Å². The fourth-order valence-electron chi connectivity index (χ4n) is 2.92. The van der Waals surface area contributed by atoms with Gasteiger partial charge in [0.15, 0.2) is 5.96 Å². The average molecular weight is 375 g/mol. The standard InChI is InChI=1S/C19H29N5O3/c1-3-26-19(25)24-10-8-23(9-11-24)18(20-2)22-13-16-6-7-17(21-12-16)27-14-15-4-5-15/h6-7,12,15H,3-5,8-11,13-14H2,1-2H3,(H,20,22). The van der Waals surface area contributed by atoms with E-state index in [4.69, 9.17) is 9.47 Å². The van der Waals surface area contributed by atoms with Gasteiger partial charge in [-0.25, -0.2) is 9.78 Å². The molecule has 0 aromatic carbocycles. The minimum atomic E-state index is -0.241. The number of hydrogen-bond acceptors (Lipinski definition) is 5. The Labute approximate surface area is 160 Å². The highest BCUT2D eigenvalue weighted by atomic mass is 16.6. The molecule has 0 spiro atoms. The second-order valence-electron chi connectivity index (χ2n) is 6.83. The van der Waals surface area contributed by atoms with Crippen LogP contribution in [-0.4, -0.2) is 73.3 Å². The van der Waals surface area contributed by atoms with Gasteiger partial charge in [0.2, 0.25) is 5.88 Å². The fraction of sp³-hybridized carbons (Fsp3) is 0.632. The van der Waals surface area contributed by atoms with E-state index in [1.807, 2.05) is 25.3 Å². The van der Waals surface area contributed by atoms with Crippen LogP contribution in [-0.2, 0) is 11.3 Å². The van der Waals surface area contributed by atoms with E-state index in [-0.39, 0.29) is 6.09 Å². The molecule has 1 amide bonds. The van der Waals surface area contributed by atoms with E-state index in [1.165, 1.54) is 12.8 Å². The van der Waals surface area contributed by atoms with Crippen molar-refractivity contribution in [3.63, 3.8) is 0 Å². The monoisotopic (exact) mass is 375 g/mol. The van der Waals surface area contributed by atoms with Gasteiger partial charge in [0.1, 0.15) is 0 Å². The van der Waals surface area contributed by atoms with Crippen LogP contribution in [0.25, 0.3) is 0 Å². The number of ether oxygens (including phenoxy) is 2. The molecule has 0 radical (unpaired) electrons. The summed E-state index contributed by atoms with van der Waals surface area (Å²) < 4.78 is 10.7. The Morgan fingerprint density at radius 1 is 1.26 bits per heavy atom. The van der Waals surface area contributed by atoms with Crippen molar-refractivity contribution >= 4 is 12.1 Å². The number of pyridine rings is 1. The van der Waals surface area contributed by atoms with E-state index in [1.54, 1.807) is 11.9 Å². The largest absolute Gasteiger partial charge is 0.477 e. The van der Waals surface area contributed by atoms with Gasteiger partial charge < -0.3 is 24.6 Å². The zero-order chi connectivity index (χ0) is 19.1. The lowest BCUT2D eigenvalue weighted by Crippen LogP contribution is -2.53. The van der Waals surface area contributed by atoms with Crippen LogP contribution >= 0.6 is 0 Å². The smallest absolute Gasteiger partial charge is 0.409 e. The van der Waals surface area contributed by atoms with Crippen LogP contribution < -0.4 is 10.1 Å². The molecule has 8 nitrogen and oxygen atoms in total. The number of nitrogens with one attached hydrogen (secondary N) is 1. The molecule has 1 aromatic heterocycles. The number of carbonyl (C=O) groups is 1. The van der Waals surface area contributed by atoms with Crippen molar-refractivity contribution < 1.29 is 14.3 Å². The number of hydrogen-bond donors (Lipinski definition) is 1.